The lowest BCUT2D eigenvalue weighted by Gasteiger charge is -2.25. The molecule has 0 bridgehead atoms. The second kappa shape index (κ2) is 9.19. The van der Waals surface area contributed by atoms with Crippen molar-refractivity contribution in [3.63, 3.8) is 0 Å². The SMILES string of the molecule is Cc1ccccc1OC1c2ccccc2CC1CN(C)C.O=C(O)C(=O)O. The Morgan fingerprint density at radius 3 is 2.22 bits per heavy atom. The van der Waals surface area contributed by atoms with Gasteiger partial charge in [0.05, 0.1) is 0 Å². The summed E-state index contributed by atoms with van der Waals surface area (Å²) < 4.78 is 6.42. The van der Waals surface area contributed by atoms with Crippen molar-refractivity contribution in [3.05, 3.63) is 65.2 Å². The molecule has 2 aromatic carbocycles. The molecule has 6 nitrogen and oxygen atoms in total. The fraction of sp³-hybridized carbons (Fsp3) is 0.333. The number of aliphatic carboxylic acids is 2. The zero-order valence-electron chi connectivity index (χ0n) is 15.8. The number of carbonyl (C=O) groups is 2. The smallest absolute Gasteiger partial charge is 0.414 e. The van der Waals surface area contributed by atoms with Gasteiger partial charge in [-0.2, -0.15) is 0 Å². The molecule has 0 saturated heterocycles. The van der Waals surface area contributed by atoms with E-state index in [1.54, 1.807) is 0 Å². The maximum atomic E-state index is 9.10. The summed E-state index contributed by atoms with van der Waals surface area (Å²) in [5.74, 6) is -2.13. The van der Waals surface area contributed by atoms with Gasteiger partial charge in [-0.1, -0.05) is 42.5 Å². The molecule has 2 aromatic rings. The average molecular weight is 371 g/mol. The van der Waals surface area contributed by atoms with Crippen LogP contribution in [-0.2, 0) is 16.0 Å². The number of hydrogen-bond acceptors (Lipinski definition) is 4. The summed E-state index contributed by atoms with van der Waals surface area (Å²) in [6, 6.07) is 17.0. The van der Waals surface area contributed by atoms with Crippen molar-refractivity contribution >= 4 is 11.9 Å². The largest absolute Gasteiger partial charge is 0.485 e. The lowest BCUT2D eigenvalue weighted by atomic mass is 10.0. The molecule has 1 aliphatic carbocycles. The Morgan fingerprint density at radius 1 is 1.04 bits per heavy atom. The standard InChI is InChI=1S/C19H23NO.C2H2O4/c1-14-8-4-7-11-18(14)21-19-16(13-20(2)3)12-15-9-5-6-10-17(15)19;3-1(4)2(5)6/h4-11,16,19H,12-13H2,1-3H3;(H,3,4)(H,5,6). The molecule has 0 radical (unpaired) electrons. The quantitative estimate of drug-likeness (QED) is 0.804. The molecule has 27 heavy (non-hydrogen) atoms. The van der Waals surface area contributed by atoms with Crippen LogP contribution in [0.3, 0.4) is 0 Å². The first-order chi connectivity index (χ1) is 12.8. The van der Waals surface area contributed by atoms with Crippen molar-refractivity contribution in [2.45, 2.75) is 19.4 Å². The fourth-order valence-corrected chi connectivity index (χ4v) is 3.26. The second-order valence-electron chi connectivity index (χ2n) is 6.84. The highest BCUT2D eigenvalue weighted by molar-refractivity contribution is 6.27. The number of benzene rings is 2. The van der Waals surface area contributed by atoms with Crippen LogP contribution in [0, 0.1) is 12.8 Å². The summed E-state index contributed by atoms with van der Waals surface area (Å²) in [5, 5.41) is 14.8. The third-order valence-corrected chi connectivity index (χ3v) is 4.40. The first kappa shape index (κ1) is 20.5. The Hall–Kier alpha value is -2.86. The Balaban J connectivity index is 0.000000380. The molecule has 0 fully saturated rings. The van der Waals surface area contributed by atoms with E-state index in [0.717, 1.165) is 18.7 Å². The molecule has 0 aliphatic heterocycles. The second-order valence-corrected chi connectivity index (χ2v) is 6.84. The van der Waals surface area contributed by atoms with Crippen LogP contribution in [0.4, 0.5) is 0 Å². The summed E-state index contributed by atoms with van der Waals surface area (Å²) in [7, 11) is 4.27. The number of carboxylic acids is 2. The predicted molar refractivity (Wildman–Crippen MR) is 102 cm³/mol. The highest BCUT2D eigenvalue weighted by Crippen LogP contribution is 2.40. The fourth-order valence-electron chi connectivity index (χ4n) is 3.26. The third-order valence-electron chi connectivity index (χ3n) is 4.40. The van der Waals surface area contributed by atoms with E-state index in [4.69, 9.17) is 24.5 Å². The number of fused-ring (bicyclic) bond motifs is 1. The van der Waals surface area contributed by atoms with E-state index in [2.05, 4.69) is 68.4 Å². The first-order valence-electron chi connectivity index (χ1n) is 8.70. The Morgan fingerprint density at radius 2 is 1.63 bits per heavy atom. The van der Waals surface area contributed by atoms with Crippen LogP contribution in [-0.4, -0.2) is 47.7 Å². The Labute approximate surface area is 159 Å². The summed E-state index contributed by atoms with van der Waals surface area (Å²) in [4.78, 5) is 20.5. The molecule has 2 unspecified atom stereocenters. The number of hydrogen-bond donors (Lipinski definition) is 2. The minimum atomic E-state index is -1.82. The molecular weight excluding hydrogens is 346 g/mol. The highest BCUT2D eigenvalue weighted by Gasteiger charge is 2.34. The molecule has 2 N–H and O–H groups in total. The van der Waals surface area contributed by atoms with E-state index in [1.165, 1.54) is 16.7 Å². The van der Waals surface area contributed by atoms with Gasteiger partial charge in [0, 0.05) is 12.5 Å². The van der Waals surface area contributed by atoms with Gasteiger partial charge in [-0.15, -0.1) is 0 Å². The summed E-state index contributed by atoms with van der Waals surface area (Å²) in [5.41, 5.74) is 3.99. The number of nitrogens with zero attached hydrogens (tertiary/aromatic N) is 1. The van der Waals surface area contributed by atoms with Crippen molar-refractivity contribution in [1.29, 1.82) is 0 Å². The molecular formula is C21H25NO5. The number of rotatable bonds is 4. The molecule has 3 rings (SSSR count). The number of aryl methyl sites for hydroxylation is 1. The van der Waals surface area contributed by atoms with Gasteiger partial charge in [0.15, 0.2) is 0 Å². The monoisotopic (exact) mass is 371 g/mol. The highest BCUT2D eigenvalue weighted by atomic mass is 16.5. The van der Waals surface area contributed by atoms with E-state index in [1.807, 2.05) is 6.07 Å². The van der Waals surface area contributed by atoms with Gasteiger partial charge >= 0.3 is 11.9 Å². The van der Waals surface area contributed by atoms with E-state index < -0.39 is 11.9 Å². The summed E-state index contributed by atoms with van der Waals surface area (Å²) in [6.07, 6.45) is 1.26. The molecule has 0 spiro atoms. The van der Waals surface area contributed by atoms with Crippen molar-refractivity contribution < 1.29 is 24.5 Å². The molecule has 0 heterocycles. The number of para-hydroxylation sites is 1. The van der Waals surface area contributed by atoms with Gasteiger partial charge in [-0.3, -0.25) is 0 Å². The minimum absolute atomic E-state index is 0.157. The summed E-state index contributed by atoms with van der Waals surface area (Å²) >= 11 is 0. The van der Waals surface area contributed by atoms with Gasteiger partial charge < -0.3 is 19.8 Å². The zero-order chi connectivity index (χ0) is 20.0. The van der Waals surface area contributed by atoms with Crippen LogP contribution in [0.1, 0.15) is 22.8 Å². The number of ether oxygens (including phenoxy) is 1. The molecule has 0 amide bonds. The van der Waals surface area contributed by atoms with Crippen LogP contribution >= 0.6 is 0 Å². The van der Waals surface area contributed by atoms with Crippen LogP contribution in [0.2, 0.25) is 0 Å². The molecule has 0 saturated carbocycles. The van der Waals surface area contributed by atoms with E-state index >= 15 is 0 Å². The van der Waals surface area contributed by atoms with Crippen molar-refractivity contribution in [2.75, 3.05) is 20.6 Å². The lowest BCUT2D eigenvalue weighted by molar-refractivity contribution is -0.159. The summed E-state index contributed by atoms with van der Waals surface area (Å²) in [6.45, 7) is 3.16. The Bertz CT molecular complexity index is 791. The van der Waals surface area contributed by atoms with Gasteiger partial charge in [0.2, 0.25) is 0 Å². The van der Waals surface area contributed by atoms with Crippen molar-refractivity contribution in [2.24, 2.45) is 5.92 Å². The molecule has 0 aromatic heterocycles. The van der Waals surface area contributed by atoms with Crippen molar-refractivity contribution in [1.82, 2.24) is 4.90 Å². The number of carboxylic acid groups (broad SMARTS) is 2. The van der Waals surface area contributed by atoms with Crippen LogP contribution < -0.4 is 4.74 Å². The van der Waals surface area contributed by atoms with Gasteiger partial charge in [-0.25, -0.2) is 9.59 Å². The van der Waals surface area contributed by atoms with Crippen LogP contribution in [0.25, 0.3) is 0 Å². The van der Waals surface area contributed by atoms with E-state index in [-0.39, 0.29) is 6.10 Å². The van der Waals surface area contributed by atoms with Gasteiger partial charge in [-0.05, 0) is 50.2 Å². The molecule has 144 valence electrons. The normalized spacial score (nSPS) is 17.6. The maximum absolute atomic E-state index is 9.10. The molecule has 2 atom stereocenters. The van der Waals surface area contributed by atoms with E-state index in [0.29, 0.717) is 5.92 Å². The van der Waals surface area contributed by atoms with Crippen LogP contribution in [0.15, 0.2) is 48.5 Å². The lowest BCUT2D eigenvalue weighted by Crippen LogP contribution is -2.27. The average Bonchev–Trinajstić information content (AvgIpc) is 2.94. The first-order valence-corrected chi connectivity index (χ1v) is 8.70. The van der Waals surface area contributed by atoms with E-state index in [9.17, 15) is 0 Å². The minimum Gasteiger partial charge on any atom is -0.485 e. The van der Waals surface area contributed by atoms with Gasteiger partial charge in [0.25, 0.3) is 0 Å². The predicted octanol–water partition coefficient (Wildman–Crippen LogP) is 3.00. The third kappa shape index (κ3) is 5.56. The van der Waals surface area contributed by atoms with Crippen LogP contribution in [0.5, 0.6) is 5.75 Å². The molecule has 6 heteroatoms. The Kier molecular flexibility index (Phi) is 6.96. The zero-order valence-corrected chi connectivity index (χ0v) is 15.8. The van der Waals surface area contributed by atoms with Crippen molar-refractivity contribution in [3.8, 4) is 5.75 Å². The van der Waals surface area contributed by atoms with Gasteiger partial charge in [0.1, 0.15) is 11.9 Å². The molecule has 1 aliphatic rings. The topological polar surface area (TPSA) is 87.1 Å². The maximum Gasteiger partial charge on any atom is 0.414 e.